The zero-order chi connectivity index (χ0) is 22.0. The van der Waals surface area contributed by atoms with Crippen molar-refractivity contribution in [3.8, 4) is 0 Å². The minimum Gasteiger partial charge on any atom is -0.467 e. The van der Waals surface area contributed by atoms with Gasteiger partial charge in [-0.15, -0.1) is 11.3 Å². The molecular formula is C20H17ClN4O4S2. The maximum absolute atomic E-state index is 12.5. The van der Waals surface area contributed by atoms with E-state index in [0.717, 1.165) is 10.1 Å². The number of nitrogens with one attached hydrogen (secondary N) is 3. The van der Waals surface area contributed by atoms with Crippen molar-refractivity contribution in [3.05, 3.63) is 58.3 Å². The van der Waals surface area contributed by atoms with Crippen LogP contribution in [0.3, 0.4) is 0 Å². The predicted octanol–water partition coefficient (Wildman–Crippen LogP) is 2.83. The van der Waals surface area contributed by atoms with Gasteiger partial charge >= 0.3 is 0 Å². The molecule has 160 valence electrons. The Bertz CT molecular complexity index is 1160. The van der Waals surface area contributed by atoms with Crippen LogP contribution in [0.4, 0.5) is 0 Å². The van der Waals surface area contributed by atoms with Gasteiger partial charge in [0, 0.05) is 23.1 Å². The molecule has 0 saturated carbocycles. The van der Waals surface area contributed by atoms with Gasteiger partial charge in [-0.05, 0) is 30.4 Å². The highest BCUT2D eigenvalue weighted by Crippen LogP contribution is 2.34. The minimum absolute atomic E-state index is 0.0800. The van der Waals surface area contributed by atoms with E-state index in [4.69, 9.17) is 28.2 Å². The molecule has 2 aromatic heterocycles. The molecular weight excluding hydrogens is 460 g/mol. The molecule has 31 heavy (non-hydrogen) atoms. The number of rotatable bonds is 4. The number of furan rings is 1. The maximum Gasteiger partial charge on any atom is 0.269 e. The number of nitrogens with zero attached hydrogens (tertiary/aromatic N) is 1. The van der Waals surface area contributed by atoms with Crippen LogP contribution < -0.4 is 16.2 Å². The van der Waals surface area contributed by atoms with E-state index in [1.165, 1.54) is 17.6 Å². The van der Waals surface area contributed by atoms with Crippen LogP contribution in [0.2, 0.25) is 5.02 Å². The number of fused-ring (bicyclic) bond motifs is 1. The van der Waals surface area contributed by atoms with Crippen LogP contribution in [0.25, 0.3) is 10.1 Å². The lowest BCUT2D eigenvalue weighted by Crippen LogP contribution is -2.50. The summed E-state index contributed by atoms with van der Waals surface area (Å²) in [7, 11) is 0. The van der Waals surface area contributed by atoms with E-state index in [9.17, 15) is 14.4 Å². The molecule has 1 aliphatic rings. The first-order valence-electron chi connectivity index (χ1n) is 9.30. The van der Waals surface area contributed by atoms with Crippen LogP contribution in [0.15, 0.2) is 47.1 Å². The van der Waals surface area contributed by atoms with E-state index in [2.05, 4.69) is 16.2 Å². The van der Waals surface area contributed by atoms with Crippen LogP contribution in [0.5, 0.6) is 0 Å². The van der Waals surface area contributed by atoms with Crippen LogP contribution >= 0.6 is 35.2 Å². The summed E-state index contributed by atoms with van der Waals surface area (Å²) in [5, 5.41) is 3.56. The number of carbonyl (C=O) groups is 3. The summed E-state index contributed by atoms with van der Waals surface area (Å²) in [6.07, 6.45) is 1.62. The van der Waals surface area contributed by atoms with E-state index < -0.39 is 17.7 Å². The fourth-order valence-electron chi connectivity index (χ4n) is 3.26. The van der Waals surface area contributed by atoms with Crippen molar-refractivity contribution in [1.29, 1.82) is 0 Å². The molecule has 1 aromatic carbocycles. The smallest absolute Gasteiger partial charge is 0.269 e. The lowest BCUT2D eigenvalue weighted by Gasteiger charge is -2.15. The summed E-state index contributed by atoms with van der Waals surface area (Å²) in [5.74, 6) is -0.890. The standard InChI is InChI=1S/C20H17ClN4O4S2/c21-16-13-5-1-2-6-14(13)31-17(16)19(28)22-20(30)24-23-18(27)11-8-15(26)25(9-11)10-12-4-3-7-29-12/h1-7,11H,8-10H2,(H,23,27)(H2,22,24,28,30). The fraction of sp³-hybridized carbons (Fsp3) is 0.200. The first-order chi connectivity index (χ1) is 14.9. The molecule has 11 heteroatoms. The molecule has 1 atom stereocenters. The SMILES string of the molecule is O=C(NC(=S)NNC(=O)C1CC(=O)N(Cc2ccco2)C1)c1sc2ccccc2c1Cl. The molecule has 4 rings (SSSR count). The number of likely N-dealkylation sites (tertiary alicyclic amines) is 1. The molecule has 0 bridgehead atoms. The Morgan fingerprint density at radius 2 is 2.03 bits per heavy atom. The average Bonchev–Trinajstić information content (AvgIpc) is 3.47. The van der Waals surface area contributed by atoms with Crippen LogP contribution in [-0.2, 0) is 16.1 Å². The summed E-state index contributed by atoms with van der Waals surface area (Å²) in [4.78, 5) is 38.9. The normalized spacial score (nSPS) is 15.8. The zero-order valence-corrected chi connectivity index (χ0v) is 18.4. The highest BCUT2D eigenvalue weighted by atomic mass is 35.5. The van der Waals surface area contributed by atoms with Crippen molar-refractivity contribution in [1.82, 2.24) is 21.1 Å². The van der Waals surface area contributed by atoms with Crippen LogP contribution in [0.1, 0.15) is 21.9 Å². The number of thiophene rings is 1. The number of hydrogen-bond donors (Lipinski definition) is 3. The quantitative estimate of drug-likeness (QED) is 0.395. The van der Waals surface area contributed by atoms with Crippen LogP contribution in [-0.4, -0.2) is 34.3 Å². The van der Waals surface area contributed by atoms with Gasteiger partial charge in [0.1, 0.15) is 10.6 Å². The van der Waals surface area contributed by atoms with Gasteiger partial charge in [-0.3, -0.25) is 30.6 Å². The van der Waals surface area contributed by atoms with Crippen molar-refractivity contribution < 1.29 is 18.8 Å². The molecule has 3 amide bonds. The van der Waals surface area contributed by atoms with E-state index >= 15 is 0 Å². The predicted molar refractivity (Wildman–Crippen MR) is 120 cm³/mol. The van der Waals surface area contributed by atoms with Gasteiger partial charge in [-0.25, -0.2) is 0 Å². The molecule has 1 fully saturated rings. The highest BCUT2D eigenvalue weighted by Gasteiger charge is 2.34. The van der Waals surface area contributed by atoms with Crippen LogP contribution in [0, 0.1) is 5.92 Å². The minimum atomic E-state index is -0.537. The molecule has 3 heterocycles. The summed E-state index contributed by atoms with van der Waals surface area (Å²) in [5.41, 5.74) is 4.95. The third-order valence-electron chi connectivity index (χ3n) is 4.78. The Morgan fingerprint density at radius 1 is 1.23 bits per heavy atom. The second-order valence-electron chi connectivity index (χ2n) is 6.89. The topological polar surface area (TPSA) is 104 Å². The van der Waals surface area contributed by atoms with Crippen molar-refractivity contribution in [2.45, 2.75) is 13.0 Å². The van der Waals surface area contributed by atoms with Gasteiger partial charge in [-0.2, -0.15) is 0 Å². The molecule has 1 aliphatic heterocycles. The molecule has 0 spiro atoms. The molecule has 1 saturated heterocycles. The number of amides is 3. The Kier molecular flexibility index (Phi) is 6.21. The number of hydrogen-bond acceptors (Lipinski definition) is 6. The fourth-order valence-corrected chi connectivity index (χ4v) is 4.82. The third-order valence-corrected chi connectivity index (χ3v) is 6.66. The number of carbonyl (C=O) groups excluding carboxylic acids is 3. The maximum atomic E-state index is 12.5. The first kappa shape index (κ1) is 21.3. The largest absolute Gasteiger partial charge is 0.467 e. The van der Waals surface area contributed by atoms with Gasteiger partial charge in [-0.1, -0.05) is 29.8 Å². The van der Waals surface area contributed by atoms with Gasteiger partial charge in [0.2, 0.25) is 11.8 Å². The molecule has 3 N–H and O–H groups in total. The van der Waals surface area contributed by atoms with Gasteiger partial charge in [0.15, 0.2) is 5.11 Å². The summed E-state index contributed by atoms with van der Waals surface area (Å²) in [6, 6.07) is 10.9. The summed E-state index contributed by atoms with van der Waals surface area (Å²) >= 11 is 12.6. The summed E-state index contributed by atoms with van der Waals surface area (Å²) in [6.45, 7) is 0.580. The molecule has 0 aliphatic carbocycles. The first-order valence-corrected chi connectivity index (χ1v) is 10.9. The van der Waals surface area contributed by atoms with E-state index in [1.807, 2.05) is 24.3 Å². The summed E-state index contributed by atoms with van der Waals surface area (Å²) < 4.78 is 6.13. The van der Waals surface area contributed by atoms with E-state index in [1.54, 1.807) is 17.0 Å². The number of benzene rings is 1. The Hall–Kier alpha value is -2.95. The van der Waals surface area contributed by atoms with Gasteiger partial charge in [0.25, 0.3) is 5.91 Å². The lowest BCUT2D eigenvalue weighted by atomic mass is 10.1. The third kappa shape index (κ3) is 4.71. The molecule has 1 unspecified atom stereocenters. The highest BCUT2D eigenvalue weighted by molar-refractivity contribution is 7.80. The van der Waals surface area contributed by atoms with Crippen molar-refractivity contribution >= 4 is 68.1 Å². The zero-order valence-electron chi connectivity index (χ0n) is 16.0. The number of halogens is 1. The molecule has 0 radical (unpaired) electrons. The Labute approximate surface area is 191 Å². The van der Waals surface area contributed by atoms with Crippen molar-refractivity contribution in [2.75, 3.05) is 6.54 Å². The van der Waals surface area contributed by atoms with Gasteiger partial charge in [0.05, 0.1) is 23.7 Å². The average molecular weight is 477 g/mol. The second kappa shape index (κ2) is 9.04. The lowest BCUT2D eigenvalue weighted by molar-refractivity contribution is -0.129. The van der Waals surface area contributed by atoms with E-state index in [-0.39, 0.29) is 24.0 Å². The van der Waals surface area contributed by atoms with Gasteiger partial charge < -0.3 is 9.32 Å². The number of thiocarbonyl (C=S) groups is 1. The van der Waals surface area contributed by atoms with Crippen molar-refractivity contribution in [2.24, 2.45) is 5.92 Å². The Morgan fingerprint density at radius 3 is 2.77 bits per heavy atom. The van der Waals surface area contributed by atoms with E-state index in [0.29, 0.717) is 22.2 Å². The Balaban J connectivity index is 1.28. The molecule has 3 aromatic rings. The second-order valence-corrected chi connectivity index (χ2v) is 8.73. The van der Waals surface area contributed by atoms with Crippen molar-refractivity contribution in [3.63, 3.8) is 0 Å². The monoisotopic (exact) mass is 476 g/mol. The number of hydrazine groups is 1. The molecule has 8 nitrogen and oxygen atoms in total.